The van der Waals surface area contributed by atoms with Gasteiger partial charge >= 0.3 is 6.36 Å². The van der Waals surface area contributed by atoms with Gasteiger partial charge in [-0.05, 0) is 30.7 Å². The first-order valence-electron chi connectivity index (χ1n) is 6.17. The number of phenols is 1. The molecule has 0 aromatic heterocycles. The van der Waals surface area contributed by atoms with E-state index in [0.29, 0.717) is 11.1 Å². The van der Waals surface area contributed by atoms with Crippen LogP contribution in [-0.4, -0.2) is 11.5 Å². The Balaban J connectivity index is 0.00000242. The Kier molecular flexibility index (Phi) is 5.68. The molecule has 120 valence electrons. The second-order valence-electron chi connectivity index (χ2n) is 4.66. The first-order chi connectivity index (χ1) is 9.76. The SMILES string of the molecule is Cc1ccc(O)c([C@H](N)c2ccc(OC(F)(F)F)cc2)c1.Cl. The first kappa shape index (κ1) is 18.1. The molecule has 1 atom stereocenters. The molecule has 0 aliphatic rings. The standard InChI is InChI=1S/C15H14F3NO2.ClH/c1-9-2-7-13(20)12(8-9)14(19)10-3-5-11(6-4-10)21-15(16,17)18;/h2-8,14,20H,19H2,1H3;1H/t14-;/m1./s1. The molecule has 0 unspecified atom stereocenters. The van der Waals surface area contributed by atoms with Crippen molar-refractivity contribution in [2.24, 2.45) is 5.73 Å². The van der Waals surface area contributed by atoms with Crippen molar-refractivity contribution < 1.29 is 23.0 Å². The number of ether oxygens (including phenoxy) is 1. The quantitative estimate of drug-likeness (QED) is 0.890. The highest BCUT2D eigenvalue weighted by atomic mass is 35.5. The Morgan fingerprint density at radius 1 is 1.09 bits per heavy atom. The fourth-order valence-corrected chi connectivity index (χ4v) is 1.98. The molecule has 22 heavy (non-hydrogen) atoms. The summed E-state index contributed by atoms with van der Waals surface area (Å²) < 4.78 is 40.0. The van der Waals surface area contributed by atoms with Crippen LogP contribution in [0.2, 0.25) is 0 Å². The number of aromatic hydroxyl groups is 1. The van der Waals surface area contributed by atoms with Gasteiger partial charge in [0.1, 0.15) is 11.5 Å². The molecule has 7 heteroatoms. The normalized spacial score (nSPS) is 12.4. The number of benzene rings is 2. The molecule has 0 aliphatic heterocycles. The van der Waals surface area contributed by atoms with Crippen LogP contribution in [0.25, 0.3) is 0 Å². The summed E-state index contributed by atoms with van der Waals surface area (Å²) in [5.41, 5.74) is 8.05. The maximum absolute atomic E-state index is 12.1. The van der Waals surface area contributed by atoms with Gasteiger partial charge in [-0.3, -0.25) is 0 Å². The molecule has 0 spiro atoms. The van der Waals surface area contributed by atoms with E-state index in [2.05, 4.69) is 4.74 Å². The van der Waals surface area contributed by atoms with E-state index in [0.717, 1.165) is 5.56 Å². The van der Waals surface area contributed by atoms with Crippen LogP contribution in [0.1, 0.15) is 22.7 Å². The van der Waals surface area contributed by atoms with Crippen molar-refractivity contribution in [3.63, 3.8) is 0 Å². The van der Waals surface area contributed by atoms with Crippen molar-refractivity contribution in [2.75, 3.05) is 0 Å². The van der Waals surface area contributed by atoms with E-state index < -0.39 is 12.4 Å². The maximum atomic E-state index is 12.1. The molecule has 0 amide bonds. The number of hydrogen-bond acceptors (Lipinski definition) is 3. The highest BCUT2D eigenvalue weighted by Gasteiger charge is 2.31. The van der Waals surface area contributed by atoms with Crippen LogP contribution in [-0.2, 0) is 0 Å². The van der Waals surface area contributed by atoms with Gasteiger partial charge < -0.3 is 15.6 Å². The van der Waals surface area contributed by atoms with Crippen LogP contribution >= 0.6 is 12.4 Å². The predicted molar refractivity (Wildman–Crippen MR) is 79.2 cm³/mol. The van der Waals surface area contributed by atoms with Crippen LogP contribution in [0, 0.1) is 6.92 Å². The lowest BCUT2D eigenvalue weighted by atomic mass is 9.97. The highest BCUT2D eigenvalue weighted by Crippen LogP contribution is 2.30. The molecule has 3 nitrogen and oxygen atoms in total. The van der Waals surface area contributed by atoms with Gasteiger partial charge in [0.2, 0.25) is 0 Å². The summed E-state index contributed by atoms with van der Waals surface area (Å²) in [6, 6.07) is 9.63. The molecule has 0 heterocycles. The van der Waals surface area contributed by atoms with E-state index >= 15 is 0 Å². The van der Waals surface area contributed by atoms with Crippen LogP contribution in [0.15, 0.2) is 42.5 Å². The van der Waals surface area contributed by atoms with Crippen molar-refractivity contribution in [1.82, 2.24) is 0 Å². The van der Waals surface area contributed by atoms with Gasteiger partial charge in [-0.2, -0.15) is 0 Å². The monoisotopic (exact) mass is 333 g/mol. The van der Waals surface area contributed by atoms with Crippen LogP contribution in [0.5, 0.6) is 11.5 Å². The van der Waals surface area contributed by atoms with Crippen molar-refractivity contribution in [3.05, 3.63) is 59.2 Å². The van der Waals surface area contributed by atoms with Crippen molar-refractivity contribution in [3.8, 4) is 11.5 Å². The molecule has 3 N–H and O–H groups in total. The fourth-order valence-electron chi connectivity index (χ4n) is 1.98. The van der Waals surface area contributed by atoms with E-state index in [9.17, 15) is 18.3 Å². The summed E-state index contributed by atoms with van der Waals surface area (Å²) in [6.45, 7) is 1.86. The third-order valence-corrected chi connectivity index (χ3v) is 2.99. The van der Waals surface area contributed by atoms with Crippen LogP contribution in [0.3, 0.4) is 0 Å². The zero-order chi connectivity index (χ0) is 15.6. The maximum Gasteiger partial charge on any atom is 0.573 e. The second-order valence-corrected chi connectivity index (χ2v) is 4.66. The summed E-state index contributed by atoms with van der Waals surface area (Å²) in [6.07, 6.45) is -4.72. The summed E-state index contributed by atoms with van der Waals surface area (Å²) >= 11 is 0. The van der Waals surface area contributed by atoms with E-state index in [-0.39, 0.29) is 23.9 Å². The van der Waals surface area contributed by atoms with Gasteiger partial charge in [0.25, 0.3) is 0 Å². The van der Waals surface area contributed by atoms with Gasteiger partial charge in [0, 0.05) is 5.56 Å². The minimum atomic E-state index is -4.72. The van der Waals surface area contributed by atoms with Crippen molar-refractivity contribution >= 4 is 12.4 Å². The van der Waals surface area contributed by atoms with Gasteiger partial charge in [-0.15, -0.1) is 25.6 Å². The fraction of sp³-hybridized carbons (Fsp3) is 0.200. The number of alkyl halides is 3. The Morgan fingerprint density at radius 2 is 1.68 bits per heavy atom. The highest BCUT2D eigenvalue weighted by molar-refractivity contribution is 5.85. The van der Waals surface area contributed by atoms with Gasteiger partial charge in [0.15, 0.2) is 0 Å². The number of rotatable bonds is 3. The van der Waals surface area contributed by atoms with Gasteiger partial charge in [-0.25, -0.2) is 0 Å². The third kappa shape index (κ3) is 4.54. The predicted octanol–water partition coefficient (Wildman–Crippen LogP) is 4.07. The summed E-state index contributed by atoms with van der Waals surface area (Å²) in [5, 5.41) is 9.82. The number of halogens is 4. The molecule has 0 aliphatic carbocycles. The van der Waals surface area contributed by atoms with E-state index in [1.807, 2.05) is 6.92 Å². The lowest BCUT2D eigenvalue weighted by molar-refractivity contribution is -0.274. The molecule has 2 aromatic carbocycles. The lowest BCUT2D eigenvalue weighted by Gasteiger charge is -2.16. The van der Waals surface area contributed by atoms with Gasteiger partial charge in [-0.1, -0.05) is 29.8 Å². The van der Waals surface area contributed by atoms with Crippen LogP contribution < -0.4 is 10.5 Å². The molecular formula is C15H15ClF3NO2. The first-order valence-corrected chi connectivity index (χ1v) is 6.17. The number of aryl methyl sites for hydroxylation is 1. The minimum Gasteiger partial charge on any atom is -0.508 e. The Morgan fingerprint density at radius 3 is 2.23 bits per heavy atom. The summed E-state index contributed by atoms with van der Waals surface area (Å²) in [5.74, 6) is -0.268. The molecular weight excluding hydrogens is 319 g/mol. The van der Waals surface area contributed by atoms with Gasteiger partial charge in [0.05, 0.1) is 6.04 Å². The minimum absolute atomic E-state index is 0. The average Bonchev–Trinajstić information content (AvgIpc) is 2.40. The molecule has 0 bridgehead atoms. The Hall–Kier alpha value is -1.92. The molecule has 2 rings (SSSR count). The molecule has 0 radical (unpaired) electrons. The Bertz CT molecular complexity index is 630. The number of phenolic OH excluding ortho intramolecular Hbond substituents is 1. The van der Waals surface area contributed by atoms with Crippen molar-refractivity contribution in [1.29, 1.82) is 0 Å². The summed E-state index contributed by atoms with van der Waals surface area (Å²) in [4.78, 5) is 0. The van der Waals surface area contributed by atoms with E-state index in [1.54, 1.807) is 12.1 Å². The molecule has 0 fully saturated rings. The second kappa shape index (κ2) is 6.89. The molecule has 0 saturated carbocycles. The lowest BCUT2D eigenvalue weighted by Crippen LogP contribution is -2.17. The molecule has 0 saturated heterocycles. The zero-order valence-corrected chi connectivity index (χ0v) is 12.4. The van der Waals surface area contributed by atoms with Crippen LogP contribution in [0.4, 0.5) is 13.2 Å². The smallest absolute Gasteiger partial charge is 0.508 e. The molecule has 2 aromatic rings. The Labute approximate surface area is 131 Å². The number of hydrogen-bond donors (Lipinski definition) is 2. The third-order valence-electron chi connectivity index (χ3n) is 2.99. The van der Waals surface area contributed by atoms with E-state index in [1.165, 1.54) is 30.3 Å². The number of nitrogens with two attached hydrogens (primary N) is 1. The largest absolute Gasteiger partial charge is 0.573 e. The topological polar surface area (TPSA) is 55.5 Å². The average molecular weight is 334 g/mol. The summed E-state index contributed by atoms with van der Waals surface area (Å²) in [7, 11) is 0. The van der Waals surface area contributed by atoms with E-state index in [4.69, 9.17) is 5.73 Å². The van der Waals surface area contributed by atoms with Crippen molar-refractivity contribution in [2.45, 2.75) is 19.3 Å². The zero-order valence-electron chi connectivity index (χ0n) is 11.6.